The summed E-state index contributed by atoms with van der Waals surface area (Å²) in [5, 5.41) is 8.76. The number of carbonyl (C=O) groups is 3. The van der Waals surface area contributed by atoms with Crippen LogP contribution in [0.25, 0.3) is 0 Å². The molecule has 16 aliphatic rings. The van der Waals surface area contributed by atoms with Crippen LogP contribution in [-0.2, 0) is 103 Å². The summed E-state index contributed by atoms with van der Waals surface area (Å²) >= 11 is 10.5. The molecule has 3 aromatic carbocycles. The Hall–Kier alpha value is -4.39. The molecule has 3 aromatic rings. The van der Waals surface area contributed by atoms with E-state index in [1.165, 1.54) is 122 Å². The van der Waals surface area contributed by atoms with Gasteiger partial charge in [-0.15, -0.1) is 0 Å². The van der Waals surface area contributed by atoms with Crippen LogP contribution in [0.3, 0.4) is 0 Å². The van der Waals surface area contributed by atoms with Crippen molar-refractivity contribution in [1.82, 2.24) is 20.4 Å². The topological polar surface area (TPSA) is 223 Å². The second kappa shape index (κ2) is 35.0. The summed E-state index contributed by atoms with van der Waals surface area (Å²) in [6.45, 7) is 4.51. The lowest BCUT2D eigenvalue weighted by Gasteiger charge is -2.46. The van der Waals surface area contributed by atoms with Crippen LogP contribution < -0.4 is 22.1 Å². The molecular weight excluding hydrogens is 1470 g/mol. The van der Waals surface area contributed by atoms with E-state index in [4.69, 9.17) is 61.1 Å². The summed E-state index contributed by atoms with van der Waals surface area (Å²) in [5.74, 6) is 4.26. The van der Waals surface area contributed by atoms with Crippen LogP contribution in [0.1, 0.15) is 244 Å². The number of nitrogens with one attached hydrogen (secondary N) is 2. The van der Waals surface area contributed by atoms with Crippen molar-refractivity contribution in [3.8, 4) is 0 Å². The number of fused-ring (bicyclic) bond motifs is 9. The standard InChI is InChI=1S/C32H44N2O4S.C27H37N3O3.C22H28N2O2S.C5H9BrO.CH5N.CH4/c1-36-25-12-14-31(15-13-25)19-24-11-10-23(9-8-22-6-7-22)18-28(24)32(31)29(35)34(20-26-4-2-16-37-26)30(33-32)39-21-27-5-3-17-38-27;1-32-21-10-12-26(13-11-21)16-20-9-8-19(7-6-18-4-5-18)15-23(20)27(26)24(31)30(25(28)29-27)17-22-3-2-14-33-22;1-26-17-8-10-21(11-9-17)13-16-7-6-15(5-4-14-2-3-14)12-18(16)22(21)19(25)23-20(27)24-22;6-4-5-2-1-3-7-5;1-2;/h10-11,18,22,25-27H,2-9,12-17,19-21H2,1H3;8-9,15,18,21-22H,2-7,10-14,16-17H2,1H3,(H2,28,29);6-7,12,14,17H,2-5,8-11,13H2,1H3,(H2,23,24,25,27);5H,1-4H2;2H2,1H3;1H4. The lowest BCUT2D eigenvalue weighted by atomic mass is 9.61. The van der Waals surface area contributed by atoms with Gasteiger partial charge in [0, 0.05) is 75.1 Å². The molecule has 7 unspecified atom stereocenters. The third-order valence-corrected chi connectivity index (χ3v) is 30.4. The largest absolute Gasteiger partial charge is 0.381 e. The molecule has 0 radical (unpaired) electrons. The summed E-state index contributed by atoms with van der Waals surface area (Å²) in [6.07, 6.45) is 40.5. The third-order valence-electron chi connectivity index (χ3n) is 28.4. The lowest BCUT2D eigenvalue weighted by molar-refractivity contribution is -0.140. The van der Waals surface area contributed by atoms with Crippen LogP contribution in [0.4, 0.5) is 0 Å². The third kappa shape index (κ3) is 16.2. The van der Waals surface area contributed by atoms with E-state index in [0.29, 0.717) is 36.4 Å². The van der Waals surface area contributed by atoms with Gasteiger partial charge in [0.2, 0.25) is 0 Å². The number of methoxy groups -OCH3 is 3. The first-order chi connectivity index (χ1) is 52.6. The normalized spacial score (nSPS) is 34.3. The molecule has 0 bridgehead atoms. The minimum absolute atomic E-state index is 0. The number of benzene rings is 3. The number of thioether (sulfide) groups is 1. The van der Waals surface area contributed by atoms with E-state index >= 15 is 0 Å². The minimum Gasteiger partial charge on any atom is -0.381 e. The Morgan fingerprint density at radius 3 is 1.30 bits per heavy atom. The van der Waals surface area contributed by atoms with Gasteiger partial charge < -0.3 is 55.3 Å². The zero-order chi connectivity index (χ0) is 74.8. The van der Waals surface area contributed by atoms with Gasteiger partial charge in [-0.25, -0.2) is 9.98 Å². The highest BCUT2D eigenvalue weighted by atomic mass is 79.9. The smallest absolute Gasteiger partial charge is 0.262 e. The summed E-state index contributed by atoms with van der Waals surface area (Å²) in [7, 11) is 6.92. The van der Waals surface area contributed by atoms with Crippen molar-refractivity contribution in [3.05, 3.63) is 105 Å². The van der Waals surface area contributed by atoms with Crippen LogP contribution in [0.5, 0.6) is 0 Å². The maximum Gasteiger partial charge on any atom is 0.262 e. The number of alkyl halides is 1. The molecule has 11 fully saturated rings. The van der Waals surface area contributed by atoms with E-state index in [9.17, 15) is 14.4 Å². The van der Waals surface area contributed by atoms with Crippen LogP contribution >= 0.6 is 39.9 Å². The van der Waals surface area contributed by atoms with Gasteiger partial charge in [-0.3, -0.25) is 24.2 Å². The number of rotatable bonds is 19. The fourth-order valence-corrected chi connectivity index (χ4v) is 23.4. The SMILES string of the molecule is BrCC1CCCO1.C.CN.COC1CCC2(CC1)Cc1ccc(CCC3CC3)cc1C21N=C(N)N(CC2CCCO2)C1=O.COC1CCC2(CC1)Cc1ccc(CCC3CC3)cc1C21N=C(SCC2CCCO2)N(CC2CCCO2)C1=O.COC1CCC2(CC1)Cc1ccc(CCC3CC3)cc1C21NC(=S)NC1=O. The molecule has 6 N–H and O–H groups in total. The number of guanidine groups is 1. The molecule has 19 rings (SSSR count). The molecule has 7 atom stereocenters. The van der Waals surface area contributed by atoms with E-state index in [1.807, 2.05) is 12.0 Å². The number of nitrogens with zero attached hydrogens (tertiary/aromatic N) is 4. The van der Waals surface area contributed by atoms with E-state index in [2.05, 4.69) is 86.9 Å². The predicted molar refractivity (Wildman–Crippen MR) is 439 cm³/mol. The number of carbonyl (C=O) groups excluding carboxylic acids is 3. The Labute approximate surface area is 668 Å². The van der Waals surface area contributed by atoms with Crippen LogP contribution in [-0.4, -0.2) is 165 Å². The Bertz CT molecular complexity index is 3740. The van der Waals surface area contributed by atoms with Gasteiger partial charge in [-0.05, 0) is 273 Å². The zero-order valence-corrected chi connectivity index (χ0v) is 68.3. The Balaban J connectivity index is 0.000000130. The van der Waals surface area contributed by atoms with Gasteiger partial charge in [0.25, 0.3) is 17.7 Å². The van der Waals surface area contributed by atoms with Gasteiger partial charge >= 0.3 is 0 Å². The van der Waals surface area contributed by atoms with Gasteiger partial charge in [0.1, 0.15) is 0 Å². The average Bonchev–Trinajstić information content (AvgIpc) is 1.54. The van der Waals surface area contributed by atoms with E-state index in [-0.39, 0.29) is 71.9 Å². The van der Waals surface area contributed by atoms with E-state index in [1.54, 1.807) is 30.9 Å². The second-order valence-corrected chi connectivity index (χ2v) is 36.9. The Kier molecular flexibility index (Phi) is 26.1. The number of nitrogens with two attached hydrogens (primary N) is 2. The van der Waals surface area contributed by atoms with Gasteiger partial charge in [0.05, 0.1) is 55.8 Å². The highest BCUT2D eigenvalue weighted by Gasteiger charge is 2.70. The minimum atomic E-state index is -0.890. The van der Waals surface area contributed by atoms with Gasteiger partial charge in [-0.2, -0.15) is 0 Å². The quantitative estimate of drug-likeness (QED) is 0.0647. The van der Waals surface area contributed by atoms with Gasteiger partial charge in [0.15, 0.2) is 32.9 Å². The monoisotopic (exact) mass is 1600 g/mol. The molecule has 5 saturated heterocycles. The number of amides is 3. The molecule has 7 heterocycles. The summed E-state index contributed by atoms with van der Waals surface area (Å²) < 4.78 is 40.2. The first kappa shape index (κ1) is 81.2. The van der Waals surface area contributed by atoms with Crippen LogP contribution in [0.2, 0.25) is 0 Å². The molecule has 21 heteroatoms. The van der Waals surface area contributed by atoms with Crippen molar-refractivity contribution in [2.75, 3.05) is 79.0 Å². The zero-order valence-electron chi connectivity index (χ0n) is 65.1. The highest BCUT2D eigenvalue weighted by Crippen LogP contribution is 2.65. The first-order valence-electron chi connectivity index (χ1n) is 42.1. The number of hydrogen-bond donors (Lipinski definition) is 4. The van der Waals surface area contributed by atoms with Crippen LogP contribution in [0.15, 0.2) is 64.6 Å². The number of ether oxygens (including phenoxy) is 7. The summed E-state index contributed by atoms with van der Waals surface area (Å²) in [6, 6.07) is 20.8. The number of aryl methyl sites for hydroxylation is 3. The van der Waals surface area contributed by atoms with Crippen molar-refractivity contribution in [1.29, 1.82) is 0 Å². The highest BCUT2D eigenvalue weighted by molar-refractivity contribution is 9.09. The predicted octanol–water partition coefficient (Wildman–Crippen LogP) is 14.5. The fraction of sp³-hybridized carbons (Fsp3) is 0.727. The molecule has 0 aromatic heterocycles. The van der Waals surface area contributed by atoms with Gasteiger partial charge in [-0.1, -0.05) is 128 Å². The fourth-order valence-electron chi connectivity index (χ4n) is 21.6. The van der Waals surface area contributed by atoms with Crippen molar-refractivity contribution in [3.63, 3.8) is 0 Å². The second-order valence-electron chi connectivity index (χ2n) is 34.9. The van der Waals surface area contributed by atoms with E-state index in [0.717, 1.165) is 220 Å². The molecule has 7 aliphatic heterocycles. The molecular formula is C88H127BrN8O10S2. The first-order valence-corrected chi connectivity index (χ1v) is 44.6. The van der Waals surface area contributed by atoms with Crippen molar-refractivity contribution in [2.24, 2.45) is 55.5 Å². The summed E-state index contributed by atoms with van der Waals surface area (Å²) in [5.41, 5.74) is 19.6. The molecule has 109 heavy (non-hydrogen) atoms. The number of aliphatic imine (C=N–C) groups is 2. The lowest BCUT2D eigenvalue weighted by Crippen LogP contribution is -2.56. The van der Waals surface area contributed by atoms with Crippen molar-refractivity contribution < 1.29 is 47.5 Å². The number of amidine groups is 1. The number of thiocarbonyl (C=S) groups is 1. The summed E-state index contributed by atoms with van der Waals surface area (Å²) in [4.78, 5) is 57.1. The van der Waals surface area contributed by atoms with Crippen LogP contribution in [0, 0.1) is 34.0 Å². The van der Waals surface area contributed by atoms with Crippen molar-refractivity contribution in [2.45, 2.75) is 291 Å². The Morgan fingerprint density at radius 2 is 0.908 bits per heavy atom. The number of hydrogen-bond acceptors (Lipinski definition) is 16. The van der Waals surface area contributed by atoms with Crippen molar-refractivity contribution >= 4 is 73.9 Å². The molecule has 18 nitrogen and oxygen atoms in total. The molecule has 9 aliphatic carbocycles. The molecule has 3 amide bonds. The molecule has 598 valence electrons. The molecule has 6 saturated carbocycles. The Morgan fingerprint density at radius 1 is 0.523 bits per heavy atom. The number of halogens is 1. The van der Waals surface area contributed by atoms with E-state index < -0.39 is 16.6 Å². The maximum absolute atomic E-state index is 15.0. The molecule has 6 spiro atoms. The average molecular weight is 1600 g/mol. The maximum atomic E-state index is 15.0.